The number of hydrogen-bond acceptors (Lipinski definition) is 4. The van der Waals surface area contributed by atoms with Gasteiger partial charge in [0.2, 0.25) is 5.91 Å². The lowest BCUT2D eigenvalue weighted by Gasteiger charge is -2.15. The van der Waals surface area contributed by atoms with Crippen molar-refractivity contribution in [3.8, 4) is 11.3 Å². The topological polar surface area (TPSA) is 101 Å². The molecule has 6 heteroatoms. The highest BCUT2D eigenvalue weighted by Gasteiger charge is 2.24. The minimum absolute atomic E-state index is 0.191. The number of amides is 1. The van der Waals surface area contributed by atoms with Crippen molar-refractivity contribution in [3.05, 3.63) is 89.7 Å². The number of nitrogens with zero attached hydrogens (tertiary/aromatic N) is 2. The minimum atomic E-state index is -1.70. The van der Waals surface area contributed by atoms with E-state index in [4.69, 9.17) is 5.73 Å². The largest absolute Gasteiger partial charge is 0.384 e. The molecule has 1 amide bonds. The Balaban J connectivity index is 1.62. The lowest BCUT2D eigenvalue weighted by atomic mass is 10.1. The van der Waals surface area contributed by atoms with Crippen LogP contribution in [0.3, 0.4) is 0 Å². The number of hydrogen-bond donors (Lipinski definition) is 3. The average Bonchev–Trinajstić information content (AvgIpc) is 3.16. The van der Waals surface area contributed by atoms with Crippen LogP contribution < -0.4 is 5.73 Å². The summed E-state index contributed by atoms with van der Waals surface area (Å²) in [6, 6.07) is 21.7. The van der Waals surface area contributed by atoms with Gasteiger partial charge in [0.05, 0.1) is 11.4 Å². The number of fused-ring (bicyclic) bond motifs is 1. The molecule has 2 heterocycles. The zero-order valence-electron chi connectivity index (χ0n) is 16.6. The molecule has 0 radical (unpaired) electrons. The SMILES string of the molecule is Cc1ccc(Cn2ccc3cc(-c4cccc([C@H](O)[C@@H](O)C(N)=O)n4)ccc32)cc1. The van der Waals surface area contributed by atoms with E-state index in [0.29, 0.717) is 5.69 Å². The number of aryl methyl sites for hydroxylation is 1. The van der Waals surface area contributed by atoms with Crippen molar-refractivity contribution in [1.82, 2.24) is 9.55 Å². The maximum Gasteiger partial charge on any atom is 0.249 e. The van der Waals surface area contributed by atoms with Gasteiger partial charge in [0.15, 0.2) is 6.10 Å². The summed E-state index contributed by atoms with van der Waals surface area (Å²) in [5.74, 6) is -0.994. The first kappa shape index (κ1) is 19.8. The molecular formula is C24H23N3O3. The van der Waals surface area contributed by atoms with Crippen LogP contribution >= 0.6 is 0 Å². The summed E-state index contributed by atoms with van der Waals surface area (Å²) in [7, 11) is 0. The number of aliphatic hydroxyl groups excluding tert-OH is 2. The molecule has 4 rings (SSSR count). The highest BCUT2D eigenvalue weighted by Crippen LogP contribution is 2.26. The number of aromatic nitrogens is 2. The fourth-order valence-corrected chi connectivity index (χ4v) is 3.48. The second kappa shape index (κ2) is 8.10. The molecule has 0 spiro atoms. The monoisotopic (exact) mass is 401 g/mol. The van der Waals surface area contributed by atoms with Gasteiger partial charge in [0, 0.05) is 29.2 Å². The number of carbonyl (C=O) groups excluding carboxylic acids is 1. The predicted octanol–water partition coefficient (Wildman–Crippen LogP) is 2.94. The molecule has 0 aliphatic carbocycles. The van der Waals surface area contributed by atoms with Crippen molar-refractivity contribution < 1.29 is 15.0 Å². The summed E-state index contributed by atoms with van der Waals surface area (Å²) >= 11 is 0. The summed E-state index contributed by atoms with van der Waals surface area (Å²) in [5, 5.41) is 20.9. The van der Waals surface area contributed by atoms with Crippen molar-refractivity contribution in [1.29, 1.82) is 0 Å². The van der Waals surface area contributed by atoms with E-state index in [-0.39, 0.29) is 5.69 Å². The molecule has 2 aromatic heterocycles. The number of primary amides is 1. The first-order valence-electron chi connectivity index (χ1n) is 9.69. The maximum absolute atomic E-state index is 11.1. The minimum Gasteiger partial charge on any atom is -0.384 e. The maximum atomic E-state index is 11.1. The van der Waals surface area contributed by atoms with Crippen LogP contribution in [-0.2, 0) is 11.3 Å². The number of carbonyl (C=O) groups is 1. The van der Waals surface area contributed by atoms with Crippen molar-refractivity contribution in [3.63, 3.8) is 0 Å². The molecule has 0 saturated heterocycles. The van der Waals surface area contributed by atoms with Crippen LogP contribution in [0.4, 0.5) is 0 Å². The summed E-state index contributed by atoms with van der Waals surface area (Å²) < 4.78 is 2.20. The van der Waals surface area contributed by atoms with Gasteiger partial charge in [-0.25, -0.2) is 4.98 Å². The summed E-state index contributed by atoms with van der Waals surface area (Å²) in [6.45, 7) is 2.86. The molecule has 0 unspecified atom stereocenters. The van der Waals surface area contributed by atoms with E-state index in [0.717, 1.165) is 23.0 Å². The van der Waals surface area contributed by atoms with Crippen LogP contribution in [0, 0.1) is 6.92 Å². The molecule has 0 fully saturated rings. The lowest BCUT2D eigenvalue weighted by Crippen LogP contribution is -2.34. The third-order valence-electron chi connectivity index (χ3n) is 5.20. The Labute approximate surface area is 174 Å². The molecule has 0 saturated carbocycles. The van der Waals surface area contributed by atoms with Crippen LogP contribution in [-0.4, -0.2) is 31.8 Å². The quantitative estimate of drug-likeness (QED) is 0.462. The molecule has 4 aromatic rings. The predicted molar refractivity (Wildman–Crippen MR) is 116 cm³/mol. The Morgan fingerprint density at radius 1 is 1.07 bits per heavy atom. The Morgan fingerprint density at radius 3 is 2.57 bits per heavy atom. The van der Waals surface area contributed by atoms with Gasteiger partial charge in [0.1, 0.15) is 6.10 Å². The van der Waals surface area contributed by atoms with Crippen LogP contribution in [0.5, 0.6) is 0 Å². The van der Waals surface area contributed by atoms with E-state index in [1.54, 1.807) is 12.1 Å². The van der Waals surface area contributed by atoms with Crippen LogP contribution in [0.1, 0.15) is 22.9 Å². The Hall–Kier alpha value is -3.48. The zero-order valence-corrected chi connectivity index (χ0v) is 16.6. The van der Waals surface area contributed by atoms with E-state index in [9.17, 15) is 15.0 Å². The van der Waals surface area contributed by atoms with Gasteiger partial charge in [-0.15, -0.1) is 0 Å². The van der Waals surface area contributed by atoms with Crippen molar-refractivity contribution in [2.45, 2.75) is 25.7 Å². The molecule has 0 aliphatic heterocycles. The van der Waals surface area contributed by atoms with Crippen molar-refractivity contribution >= 4 is 16.8 Å². The van der Waals surface area contributed by atoms with Gasteiger partial charge in [0.25, 0.3) is 0 Å². The van der Waals surface area contributed by atoms with E-state index in [1.807, 2.05) is 24.3 Å². The lowest BCUT2D eigenvalue weighted by molar-refractivity contribution is -0.132. The summed E-state index contributed by atoms with van der Waals surface area (Å²) in [5.41, 5.74) is 10.4. The van der Waals surface area contributed by atoms with Gasteiger partial charge in [-0.3, -0.25) is 4.79 Å². The molecule has 2 atom stereocenters. The Kier molecular flexibility index (Phi) is 5.35. The van der Waals surface area contributed by atoms with E-state index in [2.05, 4.69) is 53.0 Å². The first-order valence-corrected chi connectivity index (χ1v) is 9.69. The second-order valence-electron chi connectivity index (χ2n) is 7.44. The molecule has 4 N–H and O–H groups in total. The highest BCUT2D eigenvalue weighted by atomic mass is 16.3. The second-order valence-corrected chi connectivity index (χ2v) is 7.44. The third-order valence-corrected chi connectivity index (χ3v) is 5.20. The molecule has 6 nitrogen and oxygen atoms in total. The number of benzene rings is 2. The standard InChI is InChI=1S/C24H23N3O3/c1-15-5-7-16(8-6-15)14-27-12-11-18-13-17(9-10-21(18)27)19-3-2-4-20(26-19)22(28)23(29)24(25)30/h2-13,22-23,28-29H,14H2,1H3,(H2,25,30)/t22-,23+/m0/s1. The van der Waals surface area contributed by atoms with E-state index in [1.165, 1.54) is 11.1 Å². The van der Waals surface area contributed by atoms with Gasteiger partial charge >= 0.3 is 0 Å². The smallest absolute Gasteiger partial charge is 0.249 e. The van der Waals surface area contributed by atoms with Crippen molar-refractivity contribution in [2.24, 2.45) is 5.73 Å². The molecular weight excluding hydrogens is 378 g/mol. The average molecular weight is 401 g/mol. The summed E-state index contributed by atoms with van der Waals surface area (Å²) in [4.78, 5) is 15.6. The first-order chi connectivity index (χ1) is 14.4. The molecule has 0 bridgehead atoms. The normalized spacial score (nSPS) is 13.3. The van der Waals surface area contributed by atoms with Crippen LogP contribution in [0.15, 0.2) is 72.9 Å². The molecule has 0 aliphatic rings. The zero-order chi connectivity index (χ0) is 21.3. The number of pyridine rings is 1. The van der Waals surface area contributed by atoms with Gasteiger partial charge < -0.3 is 20.5 Å². The van der Waals surface area contributed by atoms with Gasteiger partial charge in [-0.2, -0.15) is 0 Å². The molecule has 152 valence electrons. The van der Waals surface area contributed by atoms with Gasteiger partial charge in [-0.05, 0) is 42.8 Å². The third kappa shape index (κ3) is 3.96. The number of aliphatic hydroxyl groups is 2. The van der Waals surface area contributed by atoms with E-state index >= 15 is 0 Å². The highest BCUT2D eigenvalue weighted by molar-refractivity contribution is 5.85. The molecule has 30 heavy (non-hydrogen) atoms. The summed E-state index contributed by atoms with van der Waals surface area (Å²) in [6.07, 6.45) is -1.11. The number of rotatable bonds is 6. The number of nitrogens with two attached hydrogens (primary N) is 1. The van der Waals surface area contributed by atoms with Crippen molar-refractivity contribution in [2.75, 3.05) is 0 Å². The molecule has 2 aromatic carbocycles. The van der Waals surface area contributed by atoms with Crippen LogP contribution in [0.25, 0.3) is 22.2 Å². The Bertz CT molecular complexity index is 1200. The van der Waals surface area contributed by atoms with E-state index < -0.39 is 18.1 Å². The fraction of sp³-hybridized carbons (Fsp3) is 0.167. The van der Waals surface area contributed by atoms with Gasteiger partial charge in [-0.1, -0.05) is 42.0 Å². The fourth-order valence-electron chi connectivity index (χ4n) is 3.48. The Morgan fingerprint density at radius 2 is 1.83 bits per heavy atom. The van der Waals surface area contributed by atoms with Crippen LogP contribution in [0.2, 0.25) is 0 Å².